The van der Waals surface area contributed by atoms with Crippen molar-refractivity contribution in [2.24, 2.45) is 0 Å². The van der Waals surface area contributed by atoms with Crippen molar-refractivity contribution in [2.45, 2.75) is 4.90 Å². The van der Waals surface area contributed by atoms with Crippen molar-refractivity contribution in [1.82, 2.24) is 0 Å². The molecule has 138 valence electrons. The molecule has 0 heterocycles. The number of carbonyl (C=O) groups is 1. The van der Waals surface area contributed by atoms with Gasteiger partial charge in [0.15, 0.2) is 0 Å². The molecule has 0 saturated carbocycles. The van der Waals surface area contributed by atoms with Crippen LogP contribution in [-0.2, 0) is 0 Å². The van der Waals surface area contributed by atoms with Gasteiger partial charge in [-0.15, -0.1) is 0 Å². The lowest BCUT2D eigenvalue weighted by Gasteiger charge is -2.23. The standard InChI is InChI=1S/C21H18BrNO3S/c1-25-18-11-9-17(10-12-18)23(21(24)15-6-4-3-5-7-15)27-20-14-16(22)8-13-19(20)26-2/h3-14H,1-2H3. The molecule has 0 saturated heterocycles. The Kier molecular flexibility index (Phi) is 6.42. The molecular weight excluding hydrogens is 426 g/mol. The molecule has 0 aromatic heterocycles. The van der Waals surface area contributed by atoms with Gasteiger partial charge >= 0.3 is 0 Å². The number of carbonyl (C=O) groups excluding carboxylic acids is 1. The number of halogens is 1. The fourth-order valence-corrected chi connectivity index (χ4v) is 3.99. The Morgan fingerprint density at radius 2 is 1.63 bits per heavy atom. The summed E-state index contributed by atoms with van der Waals surface area (Å²) in [5.74, 6) is 1.31. The minimum Gasteiger partial charge on any atom is -0.497 e. The van der Waals surface area contributed by atoms with E-state index in [1.165, 1.54) is 11.9 Å². The summed E-state index contributed by atoms with van der Waals surface area (Å²) in [4.78, 5) is 14.0. The van der Waals surface area contributed by atoms with Crippen molar-refractivity contribution in [3.63, 3.8) is 0 Å². The highest BCUT2D eigenvalue weighted by atomic mass is 79.9. The van der Waals surface area contributed by atoms with E-state index >= 15 is 0 Å². The number of benzene rings is 3. The molecule has 0 bridgehead atoms. The van der Waals surface area contributed by atoms with E-state index in [2.05, 4.69) is 15.9 Å². The Hall–Kier alpha value is -2.44. The van der Waals surface area contributed by atoms with Crippen LogP contribution in [0.15, 0.2) is 82.2 Å². The average molecular weight is 444 g/mol. The van der Waals surface area contributed by atoms with Crippen LogP contribution in [0.25, 0.3) is 0 Å². The first-order valence-electron chi connectivity index (χ1n) is 8.17. The molecule has 0 aliphatic heterocycles. The maximum atomic E-state index is 13.2. The molecule has 6 heteroatoms. The molecule has 0 N–H and O–H groups in total. The molecule has 27 heavy (non-hydrogen) atoms. The number of hydrogen-bond donors (Lipinski definition) is 0. The fourth-order valence-electron chi connectivity index (χ4n) is 2.45. The smallest absolute Gasteiger partial charge is 0.268 e. The molecule has 1 amide bonds. The number of nitrogens with zero attached hydrogens (tertiary/aromatic N) is 1. The predicted molar refractivity (Wildman–Crippen MR) is 113 cm³/mol. The maximum absolute atomic E-state index is 13.2. The van der Waals surface area contributed by atoms with E-state index in [1.54, 1.807) is 30.7 Å². The van der Waals surface area contributed by atoms with Gasteiger partial charge in [0.25, 0.3) is 5.91 Å². The van der Waals surface area contributed by atoms with Gasteiger partial charge in [-0.05, 0) is 66.5 Å². The van der Waals surface area contributed by atoms with Crippen LogP contribution >= 0.6 is 27.9 Å². The van der Waals surface area contributed by atoms with Gasteiger partial charge in [0.05, 0.1) is 24.8 Å². The molecule has 4 nitrogen and oxygen atoms in total. The summed E-state index contributed by atoms with van der Waals surface area (Å²) >= 11 is 4.80. The Balaban J connectivity index is 2.01. The summed E-state index contributed by atoms with van der Waals surface area (Å²) < 4.78 is 13.2. The fraction of sp³-hybridized carbons (Fsp3) is 0.0952. The highest BCUT2D eigenvalue weighted by molar-refractivity contribution is 9.10. The number of anilines is 1. The third-order valence-corrected chi connectivity index (χ3v) is 5.40. The highest BCUT2D eigenvalue weighted by Gasteiger charge is 2.21. The van der Waals surface area contributed by atoms with Crippen LogP contribution in [0.3, 0.4) is 0 Å². The van der Waals surface area contributed by atoms with Gasteiger partial charge in [-0.25, -0.2) is 4.31 Å². The van der Waals surface area contributed by atoms with Gasteiger partial charge in [-0.3, -0.25) is 4.79 Å². The first-order chi connectivity index (χ1) is 13.1. The van der Waals surface area contributed by atoms with Crippen LogP contribution < -0.4 is 13.8 Å². The Bertz CT molecular complexity index is 916. The quantitative estimate of drug-likeness (QED) is 0.449. The van der Waals surface area contributed by atoms with Gasteiger partial charge in [-0.1, -0.05) is 34.1 Å². The summed E-state index contributed by atoms with van der Waals surface area (Å²) in [5.41, 5.74) is 1.35. The van der Waals surface area contributed by atoms with E-state index in [9.17, 15) is 4.79 Å². The second-order valence-corrected chi connectivity index (χ2v) is 7.45. The van der Waals surface area contributed by atoms with Crippen LogP contribution in [0, 0.1) is 0 Å². The Morgan fingerprint density at radius 3 is 2.26 bits per heavy atom. The molecule has 0 atom stereocenters. The number of rotatable bonds is 6. The van der Waals surface area contributed by atoms with Crippen molar-refractivity contribution in [3.05, 3.63) is 82.8 Å². The van der Waals surface area contributed by atoms with E-state index in [0.717, 1.165) is 20.8 Å². The maximum Gasteiger partial charge on any atom is 0.268 e. The van der Waals surface area contributed by atoms with Gasteiger partial charge in [0, 0.05) is 10.0 Å². The van der Waals surface area contributed by atoms with Crippen molar-refractivity contribution in [2.75, 3.05) is 18.5 Å². The molecule has 3 rings (SSSR count). The van der Waals surface area contributed by atoms with Gasteiger partial charge in [0.1, 0.15) is 11.5 Å². The normalized spacial score (nSPS) is 10.3. The minimum atomic E-state index is -0.118. The van der Waals surface area contributed by atoms with E-state index in [4.69, 9.17) is 9.47 Å². The molecule has 0 aliphatic rings. The van der Waals surface area contributed by atoms with Gasteiger partial charge in [0.2, 0.25) is 0 Å². The van der Waals surface area contributed by atoms with Gasteiger partial charge in [-0.2, -0.15) is 0 Å². The molecule has 3 aromatic carbocycles. The third-order valence-electron chi connectivity index (χ3n) is 3.83. The van der Waals surface area contributed by atoms with Crippen molar-refractivity contribution in [3.8, 4) is 11.5 Å². The van der Waals surface area contributed by atoms with Crippen molar-refractivity contribution < 1.29 is 14.3 Å². The molecule has 0 radical (unpaired) electrons. The molecule has 0 fully saturated rings. The monoisotopic (exact) mass is 443 g/mol. The van der Waals surface area contributed by atoms with Crippen molar-refractivity contribution in [1.29, 1.82) is 0 Å². The lowest BCUT2D eigenvalue weighted by atomic mass is 10.2. The highest BCUT2D eigenvalue weighted by Crippen LogP contribution is 2.38. The number of amides is 1. The zero-order valence-corrected chi connectivity index (χ0v) is 17.3. The SMILES string of the molecule is COc1ccc(N(Sc2cc(Br)ccc2OC)C(=O)c2ccccc2)cc1. The molecule has 3 aromatic rings. The van der Waals surface area contributed by atoms with Crippen LogP contribution in [0.1, 0.15) is 10.4 Å². The Labute approximate surface area is 171 Å². The summed E-state index contributed by atoms with van der Waals surface area (Å²) in [7, 11) is 3.23. The largest absolute Gasteiger partial charge is 0.497 e. The molecule has 0 unspecified atom stereocenters. The van der Waals surface area contributed by atoms with E-state index in [-0.39, 0.29) is 5.91 Å². The Morgan fingerprint density at radius 1 is 0.926 bits per heavy atom. The summed E-state index contributed by atoms with van der Waals surface area (Å²) in [6.07, 6.45) is 0. The summed E-state index contributed by atoms with van der Waals surface area (Å²) in [6, 6.07) is 22.3. The minimum absolute atomic E-state index is 0.118. The molecular formula is C21H18BrNO3S. The summed E-state index contributed by atoms with van der Waals surface area (Å²) in [5, 5.41) is 0. The molecule has 0 aliphatic carbocycles. The second-order valence-electron chi connectivity index (χ2n) is 5.55. The lowest BCUT2D eigenvalue weighted by Crippen LogP contribution is -2.23. The average Bonchev–Trinajstić information content (AvgIpc) is 2.72. The third kappa shape index (κ3) is 4.64. The molecule has 0 spiro atoms. The van der Waals surface area contributed by atoms with E-state index in [0.29, 0.717) is 11.3 Å². The zero-order chi connectivity index (χ0) is 19.2. The zero-order valence-electron chi connectivity index (χ0n) is 14.9. The number of hydrogen-bond acceptors (Lipinski definition) is 4. The first-order valence-corrected chi connectivity index (χ1v) is 9.74. The van der Waals surface area contributed by atoms with Crippen LogP contribution in [0.4, 0.5) is 5.69 Å². The second kappa shape index (κ2) is 8.97. The lowest BCUT2D eigenvalue weighted by molar-refractivity contribution is 0.101. The predicted octanol–water partition coefficient (Wildman–Crippen LogP) is 5.82. The van der Waals surface area contributed by atoms with E-state index in [1.807, 2.05) is 60.7 Å². The topological polar surface area (TPSA) is 38.8 Å². The van der Waals surface area contributed by atoms with Crippen LogP contribution in [0.5, 0.6) is 11.5 Å². The number of methoxy groups -OCH3 is 2. The van der Waals surface area contributed by atoms with Crippen LogP contribution in [-0.4, -0.2) is 20.1 Å². The van der Waals surface area contributed by atoms with Gasteiger partial charge < -0.3 is 9.47 Å². The van der Waals surface area contributed by atoms with Crippen molar-refractivity contribution >= 4 is 39.5 Å². The number of ether oxygens (including phenoxy) is 2. The first kappa shape index (κ1) is 19.3. The van der Waals surface area contributed by atoms with E-state index < -0.39 is 0 Å². The van der Waals surface area contributed by atoms with Crippen LogP contribution in [0.2, 0.25) is 0 Å². The summed E-state index contributed by atoms with van der Waals surface area (Å²) in [6.45, 7) is 0.